The summed E-state index contributed by atoms with van der Waals surface area (Å²) in [6.45, 7) is 1.49. The predicted molar refractivity (Wildman–Crippen MR) is 69.6 cm³/mol. The Bertz CT molecular complexity index is 671. The molecular weight excluding hydrogens is 286 g/mol. The third-order valence-corrected chi connectivity index (χ3v) is 5.06. The first-order valence-corrected chi connectivity index (χ1v) is 7.29. The van der Waals surface area contributed by atoms with Crippen LogP contribution in [-0.2, 0) is 14.8 Å². The van der Waals surface area contributed by atoms with Crippen molar-refractivity contribution in [3.63, 3.8) is 0 Å². The van der Waals surface area contributed by atoms with Crippen LogP contribution in [0.1, 0.15) is 5.56 Å². The Morgan fingerprint density at radius 3 is 2.70 bits per heavy atom. The molecule has 1 aromatic carbocycles. The molecule has 1 N–H and O–H groups in total. The standard InChI is InChI=1S/C11H13N3O5S/c1-8-9(14(16)17)3-2-4-10(8)20(18,19)13-6-5-12-11(15)7-13/h2-4H,5-7H2,1H3,(H,12,15). The lowest BCUT2D eigenvalue weighted by atomic mass is 10.2. The molecule has 20 heavy (non-hydrogen) atoms. The van der Waals surface area contributed by atoms with Gasteiger partial charge in [0.05, 0.1) is 16.4 Å². The minimum absolute atomic E-state index is 0.0727. The Kier molecular flexibility index (Phi) is 3.73. The highest BCUT2D eigenvalue weighted by Crippen LogP contribution is 2.27. The van der Waals surface area contributed by atoms with Gasteiger partial charge in [0.15, 0.2) is 0 Å². The van der Waals surface area contributed by atoms with Gasteiger partial charge in [0.1, 0.15) is 0 Å². The van der Waals surface area contributed by atoms with Gasteiger partial charge in [-0.2, -0.15) is 4.31 Å². The second-order valence-corrected chi connectivity index (χ2v) is 6.25. The molecule has 0 aromatic heterocycles. The number of nitro groups is 1. The molecule has 0 saturated carbocycles. The summed E-state index contributed by atoms with van der Waals surface area (Å²) in [4.78, 5) is 21.4. The van der Waals surface area contributed by atoms with Gasteiger partial charge in [-0.1, -0.05) is 6.07 Å². The molecular formula is C11H13N3O5S. The number of amides is 1. The highest BCUT2D eigenvalue weighted by atomic mass is 32.2. The van der Waals surface area contributed by atoms with Gasteiger partial charge in [0, 0.05) is 24.7 Å². The molecule has 1 fully saturated rings. The van der Waals surface area contributed by atoms with E-state index in [4.69, 9.17) is 0 Å². The number of hydrogen-bond donors (Lipinski definition) is 1. The molecule has 108 valence electrons. The number of nitrogens with one attached hydrogen (secondary N) is 1. The smallest absolute Gasteiger partial charge is 0.273 e. The molecule has 0 bridgehead atoms. The average molecular weight is 299 g/mol. The van der Waals surface area contributed by atoms with Crippen molar-refractivity contribution >= 4 is 21.6 Å². The number of rotatable bonds is 3. The quantitative estimate of drug-likeness (QED) is 0.625. The third kappa shape index (κ3) is 2.49. The molecule has 2 rings (SSSR count). The second-order valence-electron chi connectivity index (χ2n) is 4.35. The van der Waals surface area contributed by atoms with E-state index >= 15 is 0 Å². The zero-order valence-electron chi connectivity index (χ0n) is 10.7. The monoisotopic (exact) mass is 299 g/mol. The number of carbonyl (C=O) groups excluding carboxylic acids is 1. The SMILES string of the molecule is Cc1c([N+](=O)[O-])cccc1S(=O)(=O)N1CCNC(=O)C1. The topological polar surface area (TPSA) is 110 Å². The summed E-state index contributed by atoms with van der Waals surface area (Å²) in [5.74, 6) is -0.386. The molecule has 0 atom stereocenters. The Hall–Kier alpha value is -2.00. The fraction of sp³-hybridized carbons (Fsp3) is 0.364. The van der Waals surface area contributed by atoms with E-state index in [1.165, 1.54) is 25.1 Å². The van der Waals surface area contributed by atoms with Gasteiger partial charge in [-0.25, -0.2) is 8.42 Å². The molecule has 0 spiro atoms. The van der Waals surface area contributed by atoms with Gasteiger partial charge in [0.25, 0.3) is 5.69 Å². The summed E-state index contributed by atoms with van der Waals surface area (Å²) in [5, 5.41) is 13.4. The van der Waals surface area contributed by atoms with E-state index < -0.39 is 14.9 Å². The largest absolute Gasteiger partial charge is 0.354 e. The second kappa shape index (κ2) is 5.17. The minimum Gasteiger partial charge on any atom is -0.354 e. The molecule has 1 aliphatic rings. The predicted octanol–water partition coefficient (Wildman–Crippen LogP) is 0.0237. The van der Waals surface area contributed by atoms with Gasteiger partial charge in [0.2, 0.25) is 15.9 Å². The van der Waals surface area contributed by atoms with Crippen LogP contribution in [0.15, 0.2) is 23.1 Å². The van der Waals surface area contributed by atoms with Crippen LogP contribution in [0.4, 0.5) is 5.69 Å². The summed E-state index contributed by atoms with van der Waals surface area (Å²) in [6, 6.07) is 3.88. The molecule has 0 aliphatic carbocycles. The number of sulfonamides is 1. The molecule has 1 heterocycles. The van der Waals surface area contributed by atoms with E-state index in [9.17, 15) is 23.3 Å². The zero-order valence-corrected chi connectivity index (χ0v) is 11.5. The molecule has 8 nitrogen and oxygen atoms in total. The van der Waals surface area contributed by atoms with E-state index in [0.29, 0.717) is 0 Å². The summed E-state index contributed by atoms with van der Waals surface area (Å²) in [6.07, 6.45) is 0. The zero-order chi connectivity index (χ0) is 14.9. The summed E-state index contributed by atoms with van der Waals surface area (Å²) in [7, 11) is -3.91. The highest BCUT2D eigenvalue weighted by Gasteiger charge is 2.32. The molecule has 1 aliphatic heterocycles. The average Bonchev–Trinajstić information content (AvgIpc) is 2.38. The van der Waals surface area contributed by atoms with Gasteiger partial charge < -0.3 is 5.32 Å². The highest BCUT2D eigenvalue weighted by molar-refractivity contribution is 7.89. The Balaban J connectivity index is 2.47. The van der Waals surface area contributed by atoms with Crippen LogP contribution >= 0.6 is 0 Å². The fourth-order valence-electron chi connectivity index (χ4n) is 2.04. The van der Waals surface area contributed by atoms with Gasteiger partial charge in [-0.3, -0.25) is 14.9 Å². The van der Waals surface area contributed by atoms with Crippen molar-refractivity contribution in [3.05, 3.63) is 33.9 Å². The first-order chi connectivity index (χ1) is 9.34. The first kappa shape index (κ1) is 14.4. The number of nitrogens with zero attached hydrogens (tertiary/aromatic N) is 2. The summed E-state index contributed by atoms with van der Waals surface area (Å²) in [5.41, 5.74) is -0.184. The van der Waals surface area contributed by atoms with E-state index in [-0.39, 0.29) is 41.7 Å². The minimum atomic E-state index is -3.91. The summed E-state index contributed by atoms with van der Waals surface area (Å²) < 4.78 is 25.9. The van der Waals surface area contributed by atoms with Crippen LogP contribution in [0.3, 0.4) is 0 Å². The number of carbonyl (C=O) groups is 1. The van der Waals surface area contributed by atoms with E-state index in [1.807, 2.05) is 0 Å². The van der Waals surface area contributed by atoms with Gasteiger partial charge >= 0.3 is 0 Å². The maximum absolute atomic E-state index is 12.5. The first-order valence-electron chi connectivity index (χ1n) is 5.85. The van der Waals surface area contributed by atoms with Crippen LogP contribution in [0.25, 0.3) is 0 Å². The van der Waals surface area contributed by atoms with Crippen LogP contribution in [0.2, 0.25) is 0 Å². The lowest BCUT2D eigenvalue weighted by Crippen LogP contribution is -2.49. The van der Waals surface area contributed by atoms with Crippen molar-refractivity contribution in [2.45, 2.75) is 11.8 Å². The molecule has 9 heteroatoms. The normalized spacial score (nSPS) is 16.8. The maximum Gasteiger partial charge on any atom is 0.273 e. The van der Waals surface area contributed by atoms with Crippen molar-refractivity contribution in [2.75, 3.05) is 19.6 Å². The fourth-order valence-corrected chi connectivity index (χ4v) is 3.68. The number of nitro benzene ring substituents is 1. The Labute approximate surface area is 115 Å². The lowest BCUT2D eigenvalue weighted by Gasteiger charge is -2.26. The number of piperazine rings is 1. The Morgan fingerprint density at radius 1 is 1.40 bits per heavy atom. The molecule has 0 unspecified atom stereocenters. The summed E-state index contributed by atoms with van der Waals surface area (Å²) >= 11 is 0. The van der Waals surface area contributed by atoms with Crippen LogP contribution < -0.4 is 5.32 Å². The van der Waals surface area contributed by atoms with Crippen molar-refractivity contribution < 1.29 is 18.1 Å². The molecule has 1 amide bonds. The van der Waals surface area contributed by atoms with Gasteiger partial charge in [-0.05, 0) is 13.0 Å². The maximum atomic E-state index is 12.5. The third-order valence-electron chi connectivity index (χ3n) is 3.07. The van der Waals surface area contributed by atoms with Crippen molar-refractivity contribution in [1.82, 2.24) is 9.62 Å². The van der Waals surface area contributed by atoms with Gasteiger partial charge in [-0.15, -0.1) is 0 Å². The van der Waals surface area contributed by atoms with Crippen LogP contribution in [0.5, 0.6) is 0 Å². The lowest BCUT2D eigenvalue weighted by molar-refractivity contribution is -0.385. The van der Waals surface area contributed by atoms with Crippen LogP contribution in [0, 0.1) is 17.0 Å². The van der Waals surface area contributed by atoms with Crippen LogP contribution in [-0.4, -0.2) is 43.2 Å². The number of hydrogen-bond acceptors (Lipinski definition) is 5. The van der Waals surface area contributed by atoms with E-state index in [1.54, 1.807) is 0 Å². The molecule has 1 aromatic rings. The van der Waals surface area contributed by atoms with Crippen molar-refractivity contribution in [3.8, 4) is 0 Å². The Morgan fingerprint density at radius 2 is 2.10 bits per heavy atom. The van der Waals surface area contributed by atoms with Crippen molar-refractivity contribution in [1.29, 1.82) is 0 Å². The van der Waals surface area contributed by atoms with Crippen molar-refractivity contribution in [2.24, 2.45) is 0 Å². The number of benzene rings is 1. The molecule has 1 saturated heterocycles. The molecule has 0 radical (unpaired) electrons. The van der Waals surface area contributed by atoms with E-state index in [0.717, 1.165) is 4.31 Å². The van der Waals surface area contributed by atoms with E-state index in [2.05, 4.69) is 5.32 Å².